The smallest absolute Gasteiger partial charge is 0.323 e. The Morgan fingerprint density at radius 1 is 1.16 bits per heavy atom. The quantitative estimate of drug-likeness (QED) is 0.364. The molecule has 0 aromatic heterocycles. The molecule has 32 heavy (non-hydrogen) atoms. The zero-order valence-electron chi connectivity index (χ0n) is 18.4. The van der Waals surface area contributed by atoms with Gasteiger partial charge in [0.1, 0.15) is 11.4 Å². The van der Waals surface area contributed by atoms with Crippen molar-refractivity contribution in [3.05, 3.63) is 71.4 Å². The molecule has 2 amide bonds. The molecular weight excluding hydrogens is 408 g/mol. The molecule has 0 unspecified atom stereocenters. The number of hydrogen-bond acceptors (Lipinski definition) is 5. The van der Waals surface area contributed by atoms with Gasteiger partial charge in [-0.05, 0) is 50.7 Å². The van der Waals surface area contributed by atoms with Crippen LogP contribution < -0.4 is 16.0 Å². The van der Waals surface area contributed by atoms with Crippen LogP contribution in [0, 0.1) is 0 Å². The Hall–Kier alpha value is -3.36. The highest BCUT2D eigenvalue weighted by atomic mass is 16.4. The van der Waals surface area contributed by atoms with Gasteiger partial charge in [0.25, 0.3) is 0 Å². The van der Waals surface area contributed by atoms with E-state index in [1.165, 1.54) is 4.90 Å². The lowest BCUT2D eigenvalue weighted by Crippen LogP contribution is -2.61. The van der Waals surface area contributed by atoms with Crippen LogP contribution in [0.2, 0.25) is 0 Å². The summed E-state index contributed by atoms with van der Waals surface area (Å²) in [7, 11) is 3.63. The molecular formula is C24H30N4O4. The number of nitrogens with one attached hydrogen (secondary N) is 3. The van der Waals surface area contributed by atoms with E-state index in [0.29, 0.717) is 5.56 Å². The van der Waals surface area contributed by atoms with Crippen LogP contribution in [0.15, 0.2) is 54.7 Å². The summed E-state index contributed by atoms with van der Waals surface area (Å²) in [6.07, 6.45) is 3.15. The first-order chi connectivity index (χ1) is 15.4. The maximum Gasteiger partial charge on any atom is 0.323 e. The summed E-state index contributed by atoms with van der Waals surface area (Å²) in [5, 5.41) is 29.1. The van der Waals surface area contributed by atoms with Gasteiger partial charge in [-0.3, -0.25) is 10.1 Å². The SMILES string of the molecule is CNCCCc1ccc([C@]2(NC)NC(=O)N(CCC(=O)O)C=C2c2ccccc2)cc1O. The molecule has 2 aromatic rings. The molecule has 0 bridgehead atoms. The monoisotopic (exact) mass is 438 g/mol. The molecule has 8 nitrogen and oxygen atoms in total. The fraction of sp³-hybridized carbons (Fsp3) is 0.333. The number of hydrogen-bond donors (Lipinski definition) is 5. The zero-order chi connectivity index (χ0) is 23.1. The molecule has 1 heterocycles. The fourth-order valence-electron chi connectivity index (χ4n) is 3.94. The number of carbonyl (C=O) groups is 2. The number of nitrogens with zero attached hydrogens (tertiary/aromatic N) is 1. The summed E-state index contributed by atoms with van der Waals surface area (Å²) in [6.45, 7) is 0.901. The second kappa shape index (κ2) is 10.3. The average molecular weight is 439 g/mol. The van der Waals surface area contributed by atoms with Crippen LogP contribution in [0.3, 0.4) is 0 Å². The average Bonchev–Trinajstić information content (AvgIpc) is 2.79. The van der Waals surface area contributed by atoms with Gasteiger partial charge >= 0.3 is 12.0 Å². The normalized spacial score (nSPS) is 18.2. The number of phenolic OH excluding ortho intramolecular Hbond substituents is 1. The van der Waals surface area contributed by atoms with Crippen LogP contribution in [0.5, 0.6) is 5.75 Å². The third-order valence-corrected chi connectivity index (χ3v) is 5.66. The highest BCUT2D eigenvalue weighted by molar-refractivity contribution is 5.88. The third kappa shape index (κ3) is 4.92. The van der Waals surface area contributed by atoms with Crippen molar-refractivity contribution in [2.24, 2.45) is 0 Å². The summed E-state index contributed by atoms with van der Waals surface area (Å²) >= 11 is 0. The summed E-state index contributed by atoms with van der Waals surface area (Å²) in [5.74, 6) is -0.806. The minimum atomic E-state index is -1.10. The first-order valence-electron chi connectivity index (χ1n) is 10.7. The molecule has 170 valence electrons. The lowest BCUT2D eigenvalue weighted by atomic mass is 9.84. The lowest BCUT2D eigenvalue weighted by molar-refractivity contribution is -0.137. The lowest BCUT2D eigenvalue weighted by Gasteiger charge is -2.43. The first kappa shape index (κ1) is 23.3. The molecule has 0 radical (unpaired) electrons. The van der Waals surface area contributed by atoms with Crippen molar-refractivity contribution in [3.63, 3.8) is 0 Å². The number of benzene rings is 2. The first-order valence-corrected chi connectivity index (χ1v) is 10.7. The van der Waals surface area contributed by atoms with Crippen LogP contribution in [0.25, 0.3) is 5.57 Å². The second-order valence-corrected chi connectivity index (χ2v) is 7.73. The molecule has 0 saturated heterocycles. The van der Waals surface area contributed by atoms with Gasteiger partial charge < -0.3 is 25.7 Å². The fourth-order valence-corrected chi connectivity index (χ4v) is 3.94. The standard InChI is InChI=1S/C24H30N4O4/c1-25-13-6-9-18-10-11-19(15-21(18)29)24(26-2)20(17-7-4-3-5-8-17)16-28(23(32)27-24)14-12-22(30)31/h3-5,7-8,10-11,15-16,25-26,29H,6,9,12-14H2,1-2H3,(H,27,32)(H,30,31)/t24-/m0/s1. The van der Waals surface area contributed by atoms with Crippen LogP contribution in [0.4, 0.5) is 4.79 Å². The maximum absolute atomic E-state index is 12.9. The number of carbonyl (C=O) groups excluding carboxylic acids is 1. The van der Waals surface area contributed by atoms with E-state index >= 15 is 0 Å². The molecule has 1 aliphatic rings. The third-order valence-electron chi connectivity index (χ3n) is 5.66. The summed E-state index contributed by atoms with van der Waals surface area (Å²) in [6, 6.07) is 14.6. The van der Waals surface area contributed by atoms with Crippen LogP contribution in [-0.4, -0.2) is 54.3 Å². The number of aryl methyl sites for hydroxylation is 1. The van der Waals surface area contributed by atoms with Crippen molar-refractivity contribution in [2.75, 3.05) is 27.2 Å². The number of carboxylic acids is 1. The molecule has 1 aliphatic heterocycles. The van der Waals surface area contributed by atoms with E-state index in [2.05, 4.69) is 16.0 Å². The van der Waals surface area contributed by atoms with E-state index in [0.717, 1.165) is 36.1 Å². The number of amides is 2. The van der Waals surface area contributed by atoms with Crippen molar-refractivity contribution in [1.82, 2.24) is 20.9 Å². The molecule has 0 spiro atoms. The molecule has 0 aliphatic carbocycles. The Morgan fingerprint density at radius 3 is 2.53 bits per heavy atom. The Morgan fingerprint density at radius 2 is 1.91 bits per heavy atom. The van der Waals surface area contributed by atoms with Gasteiger partial charge in [-0.2, -0.15) is 0 Å². The van der Waals surface area contributed by atoms with E-state index in [-0.39, 0.29) is 18.7 Å². The van der Waals surface area contributed by atoms with E-state index < -0.39 is 17.7 Å². The molecule has 0 saturated carbocycles. The maximum atomic E-state index is 12.9. The number of aliphatic carboxylic acids is 1. The molecule has 8 heteroatoms. The van der Waals surface area contributed by atoms with Gasteiger partial charge in [0.05, 0.1) is 6.42 Å². The van der Waals surface area contributed by atoms with E-state index in [1.807, 2.05) is 49.5 Å². The van der Waals surface area contributed by atoms with Gasteiger partial charge in [-0.25, -0.2) is 4.79 Å². The number of carboxylic acid groups (broad SMARTS) is 1. The Balaban J connectivity index is 2.05. The summed E-state index contributed by atoms with van der Waals surface area (Å²) in [4.78, 5) is 25.3. The van der Waals surface area contributed by atoms with E-state index in [9.17, 15) is 14.7 Å². The highest BCUT2D eigenvalue weighted by Crippen LogP contribution is 2.38. The van der Waals surface area contributed by atoms with Crippen LogP contribution in [0.1, 0.15) is 29.5 Å². The molecule has 3 rings (SSSR count). The second-order valence-electron chi connectivity index (χ2n) is 7.73. The summed E-state index contributed by atoms with van der Waals surface area (Å²) < 4.78 is 0. The Kier molecular flexibility index (Phi) is 7.50. The van der Waals surface area contributed by atoms with Crippen molar-refractivity contribution < 1.29 is 19.8 Å². The van der Waals surface area contributed by atoms with Gasteiger partial charge in [-0.1, -0.05) is 42.5 Å². The van der Waals surface area contributed by atoms with Crippen molar-refractivity contribution in [1.29, 1.82) is 0 Å². The highest BCUT2D eigenvalue weighted by Gasteiger charge is 2.42. The van der Waals surface area contributed by atoms with Crippen LogP contribution in [-0.2, 0) is 16.9 Å². The zero-order valence-corrected chi connectivity index (χ0v) is 18.4. The van der Waals surface area contributed by atoms with E-state index in [1.54, 1.807) is 19.3 Å². The molecule has 5 N–H and O–H groups in total. The predicted octanol–water partition coefficient (Wildman–Crippen LogP) is 2.46. The number of phenols is 1. The number of aromatic hydroxyl groups is 1. The van der Waals surface area contributed by atoms with Gasteiger partial charge in [-0.15, -0.1) is 0 Å². The summed E-state index contributed by atoms with van der Waals surface area (Å²) in [5.41, 5.74) is 2.02. The largest absolute Gasteiger partial charge is 0.508 e. The minimum Gasteiger partial charge on any atom is -0.508 e. The van der Waals surface area contributed by atoms with Crippen molar-refractivity contribution in [3.8, 4) is 5.75 Å². The minimum absolute atomic E-state index is 0.0486. The van der Waals surface area contributed by atoms with E-state index in [4.69, 9.17) is 5.11 Å². The van der Waals surface area contributed by atoms with Gasteiger partial charge in [0.2, 0.25) is 0 Å². The molecule has 2 aromatic carbocycles. The van der Waals surface area contributed by atoms with Crippen molar-refractivity contribution in [2.45, 2.75) is 24.9 Å². The Labute approximate surface area is 187 Å². The number of likely N-dealkylation sites (N-methyl/N-ethyl adjacent to an activating group) is 1. The predicted molar refractivity (Wildman–Crippen MR) is 123 cm³/mol. The number of urea groups is 1. The van der Waals surface area contributed by atoms with Crippen molar-refractivity contribution >= 4 is 17.6 Å². The molecule has 1 atom stereocenters. The number of rotatable bonds is 10. The van der Waals surface area contributed by atoms with Crippen LogP contribution >= 0.6 is 0 Å². The topological polar surface area (TPSA) is 114 Å². The van der Waals surface area contributed by atoms with Gasteiger partial charge in [0, 0.05) is 23.9 Å². The Bertz CT molecular complexity index is 993. The van der Waals surface area contributed by atoms with Gasteiger partial charge in [0.15, 0.2) is 0 Å². The molecule has 0 fully saturated rings.